The lowest BCUT2D eigenvalue weighted by atomic mass is 10.2. The molecule has 3 aromatic carbocycles. The summed E-state index contributed by atoms with van der Waals surface area (Å²) in [4.78, 5) is 24.4. The molecule has 5 nitrogen and oxygen atoms in total. The Kier molecular flexibility index (Phi) is 7.45. The van der Waals surface area contributed by atoms with Gasteiger partial charge in [0, 0.05) is 26.3 Å². The number of halogens is 4. The second kappa shape index (κ2) is 10.0. The van der Waals surface area contributed by atoms with E-state index in [-0.39, 0.29) is 18.4 Å². The first-order chi connectivity index (χ1) is 14.3. The van der Waals surface area contributed by atoms with Gasteiger partial charge >= 0.3 is 0 Å². The van der Waals surface area contributed by atoms with Gasteiger partial charge in [-0.3, -0.25) is 9.59 Å². The molecule has 0 radical (unpaired) electrons. The SMILES string of the molecule is O=C(COc1ccc(C(=O)Nc2cc(Cl)ccc2Cl)cc1)Nc1cc(Cl)cc(Cl)c1. The van der Waals surface area contributed by atoms with E-state index in [1.807, 2.05) is 0 Å². The van der Waals surface area contributed by atoms with E-state index in [0.717, 1.165) is 0 Å². The van der Waals surface area contributed by atoms with Crippen molar-refractivity contribution in [1.29, 1.82) is 0 Å². The van der Waals surface area contributed by atoms with Crippen molar-refractivity contribution >= 4 is 69.6 Å². The predicted octanol–water partition coefficient (Wildman–Crippen LogP) is 6.57. The highest BCUT2D eigenvalue weighted by Crippen LogP contribution is 2.26. The van der Waals surface area contributed by atoms with E-state index in [9.17, 15) is 9.59 Å². The van der Waals surface area contributed by atoms with Crippen molar-refractivity contribution in [3.05, 3.63) is 86.3 Å². The minimum absolute atomic E-state index is 0.228. The zero-order valence-electron chi connectivity index (χ0n) is 15.2. The van der Waals surface area contributed by atoms with E-state index >= 15 is 0 Å². The Labute approximate surface area is 192 Å². The summed E-state index contributed by atoms with van der Waals surface area (Å²) in [5, 5.41) is 6.98. The summed E-state index contributed by atoms with van der Waals surface area (Å²) in [6.45, 7) is -0.228. The number of amides is 2. The van der Waals surface area contributed by atoms with Gasteiger partial charge in [0.1, 0.15) is 5.75 Å². The van der Waals surface area contributed by atoms with Crippen molar-refractivity contribution in [2.75, 3.05) is 17.2 Å². The fourth-order valence-corrected chi connectivity index (χ4v) is 3.33. The quantitative estimate of drug-likeness (QED) is 0.416. The Morgan fingerprint density at radius 3 is 2.10 bits per heavy atom. The van der Waals surface area contributed by atoms with Crippen molar-refractivity contribution < 1.29 is 14.3 Å². The molecule has 0 aromatic heterocycles. The number of hydrogen-bond acceptors (Lipinski definition) is 3. The molecule has 0 spiro atoms. The van der Waals surface area contributed by atoms with Crippen molar-refractivity contribution in [3.63, 3.8) is 0 Å². The summed E-state index contributed by atoms with van der Waals surface area (Å²) in [7, 11) is 0. The van der Waals surface area contributed by atoms with Crippen LogP contribution in [-0.2, 0) is 4.79 Å². The number of rotatable bonds is 6. The normalized spacial score (nSPS) is 10.4. The minimum Gasteiger partial charge on any atom is -0.484 e. The zero-order chi connectivity index (χ0) is 21.7. The highest BCUT2D eigenvalue weighted by Gasteiger charge is 2.10. The molecular weight excluding hydrogens is 470 g/mol. The molecule has 3 rings (SSSR count). The number of ether oxygens (including phenoxy) is 1. The summed E-state index contributed by atoms with van der Waals surface area (Å²) in [6, 6.07) is 15.8. The number of nitrogens with one attached hydrogen (secondary N) is 2. The molecule has 0 saturated heterocycles. The topological polar surface area (TPSA) is 67.4 Å². The summed E-state index contributed by atoms with van der Waals surface area (Å²) in [6.07, 6.45) is 0. The highest BCUT2D eigenvalue weighted by molar-refractivity contribution is 6.36. The molecule has 0 atom stereocenters. The fourth-order valence-electron chi connectivity index (χ4n) is 2.46. The molecule has 154 valence electrons. The average molecular weight is 484 g/mol. The minimum atomic E-state index is -0.384. The van der Waals surface area contributed by atoms with Crippen LogP contribution in [0.4, 0.5) is 11.4 Å². The highest BCUT2D eigenvalue weighted by atomic mass is 35.5. The first-order valence-electron chi connectivity index (χ1n) is 8.55. The van der Waals surface area contributed by atoms with Gasteiger partial charge < -0.3 is 15.4 Å². The Morgan fingerprint density at radius 1 is 0.767 bits per heavy atom. The monoisotopic (exact) mass is 482 g/mol. The van der Waals surface area contributed by atoms with Crippen LogP contribution in [0.25, 0.3) is 0 Å². The molecule has 0 aliphatic carbocycles. The average Bonchev–Trinajstić information content (AvgIpc) is 2.69. The molecule has 0 bridgehead atoms. The van der Waals surface area contributed by atoms with Crippen LogP contribution in [-0.4, -0.2) is 18.4 Å². The van der Waals surface area contributed by atoms with Crippen LogP contribution in [0.3, 0.4) is 0 Å². The largest absolute Gasteiger partial charge is 0.484 e. The van der Waals surface area contributed by atoms with Crippen molar-refractivity contribution in [3.8, 4) is 5.75 Å². The van der Waals surface area contributed by atoms with Crippen molar-refractivity contribution in [1.82, 2.24) is 0 Å². The van der Waals surface area contributed by atoms with E-state index in [1.54, 1.807) is 60.7 Å². The van der Waals surface area contributed by atoms with Gasteiger partial charge in [0.25, 0.3) is 11.8 Å². The summed E-state index contributed by atoms with van der Waals surface area (Å²) in [5.41, 5.74) is 1.26. The van der Waals surface area contributed by atoms with Gasteiger partial charge in [-0.05, 0) is 60.7 Å². The number of benzene rings is 3. The standard InChI is InChI=1S/C21H14Cl4N2O3/c22-13-3-6-18(25)19(10-13)27-21(29)12-1-4-17(5-2-12)30-11-20(28)26-16-8-14(23)7-15(24)9-16/h1-10H,11H2,(H,26,28)(H,27,29). The Morgan fingerprint density at radius 2 is 1.43 bits per heavy atom. The number of carbonyl (C=O) groups is 2. The van der Waals surface area contributed by atoms with Crippen LogP contribution in [0.1, 0.15) is 10.4 Å². The van der Waals surface area contributed by atoms with E-state index in [0.29, 0.717) is 42.8 Å². The molecular formula is C21H14Cl4N2O3. The van der Waals surface area contributed by atoms with Gasteiger partial charge in [-0.25, -0.2) is 0 Å². The smallest absolute Gasteiger partial charge is 0.262 e. The van der Waals surface area contributed by atoms with Gasteiger partial charge in [0.2, 0.25) is 0 Å². The molecule has 2 amide bonds. The summed E-state index contributed by atoms with van der Waals surface area (Å²) in [5.74, 6) is -0.321. The number of hydrogen-bond donors (Lipinski definition) is 2. The maximum absolute atomic E-state index is 12.4. The molecule has 0 aliphatic rings. The van der Waals surface area contributed by atoms with Gasteiger partial charge in [0.15, 0.2) is 6.61 Å². The lowest BCUT2D eigenvalue weighted by Crippen LogP contribution is -2.20. The molecule has 0 saturated carbocycles. The maximum atomic E-state index is 12.4. The molecule has 0 heterocycles. The van der Waals surface area contributed by atoms with Crippen LogP contribution in [0.5, 0.6) is 5.75 Å². The summed E-state index contributed by atoms with van der Waals surface area (Å²) < 4.78 is 5.44. The predicted molar refractivity (Wildman–Crippen MR) is 121 cm³/mol. The van der Waals surface area contributed by atoms with Gasteiger partial charge in [-0.1, -0.05) is 46.4 Å². The third kappa shape index (κ3) is 6.28. The number of carbonyl (C=O) groups excluding carboxylic acids is 2. The first-order valence-corrected chi connectivity index (χ1v) is 10.1. The lowest BCUT2D eigenvalue weighted by molar-refractivity contribution is -0.118. The zero-order valence-corrected chi connectivity index (χ0v) is 18.2. The van der Waals surface area contributed by atoms with Gasteiger partial charge in [0.05, 0.1) is 10.7 Å². The van der Waals surface area contributed by atoms with E-state index < -0.39 is 0 Å². The molecule has 3 aromatic rings. The third-order valence-electron chi connectivity index (χ3n) is 3.81. The van der Waals surface area contributed by atoms with Crippen LogP contribution in [0.2, 0.25) is 20.1 Å². The lowest BCUT2D eigenvalue weighted by Gasteiger charge is -2.10. The van der Waals surface area contributed by atoms with Crippen molar-refractivity contribution in [2.45, 2.75) is 0 Å². The Bertz CT molecular complexity index is 1070. The number of anilines is 2. The van der Waals surface area contributed by atoms with Crippen LogP contribution >= 0.6 is 46.4 Å². The Balaban J connectivity index is 1.55. The van der Waals surface area contributed by atoms with Crippen LogP contribution in [0.15, 0.2) is 60.7 Å². The van der Waals surface area contributed by atoms with Crippen LogP contribution in [0, 0.1) is 0 Å². The third-order valence-corrected chi connectivity index (χ3v) is 4.81. The molecule has 30 heavy (non-hydrogen) atoms. The van der Waals surface area contributed by atoms with E-state index in [2.05, 4.69) is 10.6 Å². The molecule has 0 aliphatic heterocycles. The van der Waals surface area contributed by atoms with E-state index in [1.165, 1.54) is 0 Å². The molecule has 9 heteroatoms. The van der Waals surface area contributed by atoms with Crippen molar-refractivity contribution in [2.24, 2.45) is 0 Å². The Hall–Kier alpha value is -2.44. The first kappa shape index (κ1) is 22.2. The maximum Gasteiger partial charge on any atom is 0.262 e. The summed E-state index contributed by atoms with van der Waals surface area (Å²) >= 11 is 23.8. The molecule has 2 N–H and O–H groups in total. The van der Waals surface area contributed by atoms with E-state index in [4.69, 9.17) is 51.1 Å². The van der Waals surface area contributed by atoms with Gasteiger partial charge in [-0.15, -0.1) is 0 Å². The van der Waals surface area contributed by atoms with Crippen LogP contribution < -0.4 is 15.4 Å². The molecule has 0 fully saturated rings. The van der Waals surface area contributed by atoms with Gasteiger partial charge in [-0.2, -0.15) is 0 Å². The fraction of sp³-hybridized carbons (Fsp3) is 0.0476. The molecule has 0 unspecified atom stereocenters. The second-order valence-electron chi connectivity index (χ2n) is 6.10. The second-order valence-corrected chi connectivity index (χ2v) is 7.81.